The van der Waals surface area contributed by atoms with Crippen molar-refractivity contribution in [1.82, 2.24) is 15.3 Å². The summed E-state index contributed by atoms with van der Waals surface area (Å²) in [6, 6.07) is 4.61. The van der Waals surface area contributed by atoms with Gasteiger partial charge in [0.2, 0.25) is 5.91 Å². The summed E-state index contributed by atoms with van der Waals surface area (Å²) in [5, 5.41) is 5.93. The zero-order valence-corrected chi connectivity index (χ0v) is 17.4. The van der Waals surface area contributed by atoms with Gasteiger partial charge in [-0.25, -0.2) is 14.4 Å². The SMILES string of the molecule is CCSc1ncc(Cl)c(C(=O)N[C@H](CC(C)C)C(=O)Nc2ccc(F)cc2)n1. The Labute approximate surface area is 172 Å². The molecule has 0 radical (unpaired) electrons. The van der Waals surface area contributed by atoms with Crippen LogP contribution in [-0.2, 0) is 4.79 Å². The standard InChI is InChI=1S/C19H22ClFN4O2S/c1-4-28-19-22-10-14(20)16(25-19)18(27)24-15(9-11(2)3)17(26)23-13-7-5-12(21)6-8-13/h5-8,10-11,15H,4,9H2,1-3H3,(H,23,26)(H,24,27)/t15-/m1/s1. The van der Waals surface area contributed by atoms with Gasteiger partial charge in [0, 0.05) is 5.69 Å². The number of halogens is 2. The fourth-order valence-electron chi connectivity index (χ4n) is 2.40. The van der Waals surface area contributed by atoms with Crippen molar-refractivity contribution in [3.8, 4) is 0 Å². The quantitative estimate of drug-likeness (QED) is 0.491. The van der Waals surface area contributed by atoms with E-state index < -0.39 is 23.7 Å². The van der Waals surface area contributed by atoms with Gasteiger partial charge in [-0.1, -0.05) is 44.1 Å². The van der Waals surface area contributed by atoms with E-state index in [-0.39, 0.29) is 16.6 Å². The lowest BCUT2D eigenvalue weighted by Crippen LogP contribution is -2.45. The number of carbonyl (C=O) groups excluding carboxylic acids is 2. The minimum atomic E-state index is -0.800. The molecule has 0 spiro atoms. The van der Waals surface area contributed by atoms with Gasteiger partial charge in [-0.15, -0.1) is 0 Å². The average Bonchev–Trinajstić information content (AvgIpc) is 2.64. The smallest absolute Gasteiger partial charge is 0.272 e. The first-order chi connectivity index (χ1) is 13.3. The van der Waals surface area contributed by atoms with Gasteiger partial charge in [0.15, 0.2) is 10.9 Å². The molecule has 28 heavy (non-hydrogen) atoms. The molecule has 2 amide bonds. The minimum Gasteiger partial charge on any atom is -0.339 e. The van der Waals surface area contributed by atoms with E-state index in [4.69, 9.17) is 11.6 Å². The van der Waals surface area contributed by atoms with Crippen LogP contribution in [0.3, 0.4) is 0 Å². The molecule has 2 aromatic rings. The topological polar surface area (TPSA) is 84.0 Å². The summed E-state index contributed by atoms with van der Waals surface area (Å²) in [7, 11) is 0. The highest BCUT2D eigenvalue weighted by Crippen LogP contribution is 2.19. The first-order valence-corrected chi connectivity index (χ1v) is 10.2. The first kappa shape index (κ1) is 22.1. The van der Waals surface area contributed by atoms with Gasteiger partial charge in [0.1, 0.15) is 11.9 Å². The predicted molar refractivity (Wildman–Crippen MR) is 109 cm³/mol. The molecule has 1 atom stereocenters. The zero-order chi connectivity index (χ0) is 20.7. The molecule has 2 N–H and O–H groups in total. The number of hydrogen-bond acceptors (Lipinski definition) is 5. The number of nitrogens with one attached hydrogen (secondary N) is 2. The molecular weight excluding hydrogens is 403 g/mol. The molecule has 0 fully saturated rings. The Hall–Kier alpha value is -2.19. The van der Waals surface area contributed by atoms with E-state index in [1.54, 1.807) is 0 Å². The monoisotopic (exact) mass is 424 g/mol. The number of amides is 2. The number of rotatable bonds is 8. The van der Waals surface area contributed by atoms with E-state index >= 15 is 0 Å². The third kappa shape index (κ3) is 6.45. The molecule has 0 saturated heterocycles. The Kier molecular flexibility index (Phi) is 8.19. The normalized spacial score (nSPS) is 11.9. The summed E-state index contributed by atoms with van der Waals surface area (Å²) in [4.78, 5) is 33.6. The molecule has 6 nitrogen and oxygen atoms in total. The second kappa shape index (κ2) is 10.4. The molecule has 0 saturated carbocycles. The van der Waals surface area contributed by atoms with Crippen LogP contribution in [0.25, 0.3) is 0 Å². The van der Waals surface area contributed by atoms with E-state index in [1.165, 1.54) is 42.2 Å². The molecule has 1 aromatic heterocycles. The van der Waals surface area contributed by atoms with Crippen molar-refractivity contribution in [2.45, 2.75) is 38.4 Å². The summed E-state index contributed by atoms with van der Waals surface area (Å²) in [6.07, 6.45) is 1.79. The molecule has 0 aliphatic carbocycles. The predicted octanol–water partition coefficient (Wildman–Crippen LogP) is 4.16. The Morgan fingerprint density at radius 1 is 1.25 bits per heavy atom. The van der Waals surface area contributed by atoms with Crippen molar-refractivity contribution in [2.75, 3.05) is 11.1 Å². The lowest BCUT2D eigenvalue weighted by molar-refractivity contribution is -0.118. The largest absolute Gasteiger partial charge is 0.339 e. The van der Waals surface area contributed by atoms with Crippen LogP contribution in [0.2, 0.25) is 5.02 Å². The average molecular weight is 425 g/mol. The Balaban J connectivity index is 2.16. The molecule has 0 unspecified atom stereocenters. The molecule has 0 aliphatic heterocycles. The van der Waals surface area contributed by atoms with Crippen LogP contribution < -0.4 is 10.6 Å². The zero-order valence-electron chi connectivity index (χ0n) is 15.8. The Morgan fingerprint density at radius 2 is 1.93 bits per heavy atom. The summed E-state index contributed by atoms with van der Waals surface area (Å²) in [6.45, 7) is 5.83. The lowest BCUT2D eigenvalue weighted by atomic mass is 10.0. The van der Waals surface area contributed by atoms with Gasteiger partial charge in [-0.3, -0.25) is 9.59 Å². The second-order valence-electron chi connectivity index (χ2n) is 6.43. The molecule has 0 bridgehead atoms. The number of nitrogens with zero attached hydrogens (tertiary/aromatic N) is 2. The third-order valence-electron chi connectivity index (χ3n) is 3.65. The van der Waals surface area contributed by atoms with E-state index in [1.807, 2.05) is 20.8 Å². The molecular formula is C19H22ClFN4O2S. The van der Waals surface area contributed by atoms with Gasteiger partial charge < -0.3 is 10.6 Å². The number of hydrogen-bond donors (Lipinski definition) is 2. The highest BCUT2D eigenvalue weighted by molar-refractivity contribution is 7.99. The van der Waals surface area contributed by atoms with Crippen molar-refractivity contribution in [3.05, 3.63) is 47.0 Å². The number of anilines is 1. The van der Waals surface area contributed by atoms with Gasteiger partial charge in [0.05, 0.1) is 11.2 Å². The Morgan fingerprint density at radius 3 is 2.54 bits per heavy atom. The minimum absolute atomic E-state index is 0.0240. The van der Waals surface area contributed by atoms with Gasteiger partial charge in [-0.2, -0.15) is 0 Å². The van der Waals surface area contributed by atoms with Crippen LogP contribution in [-0.4, -0.2) is 33.6 Å². The molecule has 9 heteroatoms. The van der Waals surface area contributed by atoms with Gasteiger partial charge in [-0.05, 0) is 42.4 Å². The molecule has 150 valence electrons. The fraction of sp³-hybridized carbons (Fsp3) is 0.368. The number of thioether (sulfide) groups is 1. The van der Waals surface area contributed by atoms with E-state index in [0.29, 0.717) is 17.3 Å². The Bertz CT molecular complexity index is 833. The van der Waals surface area contributed by atoms with Crippen molar-refractivity contribution in [1.29, 1.82) is 0 Å². The van der Waals surface area contributed by atoms with Crippen LogP contribution >= 0.6 is 23.4 Å². The van der Waals surface area contributed by atoms with Crippen molar-refractivity contribution in [3.63, 3.8) is 0 Å². The second-order valence-corrected chi connectivity index (χ2v) is 8.07. The first-order valence-electron chi connectivity index (χ1n) is 8.82. The lowest BCUT2D eigenvalue weighted by Gasteiger charge is -2.20. The third-order valence-corrected chi connectivity index (χ3v) is 4.67. The molecule has 0 aliphatic rings. The summed E-state index contributed by atoms with van der Waals surface area (Å²) in [5.41, 5.74) is 0.465. The number of carbonyl (C=O) groups is 2. The maximum absolute atomic E-state index is 13.0. The highest BCUT2D eigenvalue weighted by Gasteiger charge is 2.25. The van der Waals surface area contributed by atoms with Gasteiger partial charge >= 0.3 is 0 Å². The molecule has 1 aromatic carbocycles. The molecule has 1 heterocycles. The summed E-state index contributed by atoms with van der Waals surface area (Å²) < 4.78 is 13.0. The maximum atomic E-state index is 13.0. The highest BCUT2D eigenvalue weighted by atomic mass is 35.5. The molecule has 2 rings (SSSR count). The van der Waals surface area contributed by atoms with Crippen LogP contribution in [0.15, 0.2) is 35.6 Å². The van der Waals surface area contributed by atoms with E-state index in [2.05, 4.69) is 20.6 Å². The van der Waals surface area contributed by atoms with E-state index in [0.717, 1.165) is 5.75 Å². The van der Waals surface area contributed by atoms with Crippen molar-refractivity contribution in [2.24, 2.45) is 5.92 Å². The summed E-state index contributed by atoms with van der Waals surface area (Å²) >= 11 is 7.46. The number of benzene rings is 1. The maximum Gasteiger partial charge on any atom is 0.272 e. The fourth-order valence-corrected chi connectivity index (χ4v) is 3.12. The van der Waals surface area contributed by atoms with E-state index in [9.17, 15) is 14.0 Å². The summed E-state index contributed by atoms with van der Waals surface area (Å²) in [5.74, 6) is -0.452. The van der Waals surface area contributed by atoms with Crippen molar-refractivity contribution >= 4 is 40.9 Å². The number of aromatic nitrogens is 2. The van der Waals surface area contributed by atoms with Crippen LogP contribution in [0.5, 0.6) is 0 Å². The van der Waals surface area contributed by atoms with Gasteiger partial charge in [0.25, 0.3) is 5.91 Å². The van der Waals surface area contributed by atoms with Crippen LogP contribution in [0, 0.1) is 11.7 Å². The van der Waals surface area contributed by atoms with Crippen LogP contribution in [0.4, 0.5) is 10.1 Å². The van der Waals surface area contributed by atoms with Crippen LogP contribution in [0.1, 0.15) is 37.7 Å². The van der Waals surface area contributed by atoms with Crippen molar-refractivity contribution < 1.29 is 14.0 Å².